The molecule has 0 aliphatic rings. The molecular weight excluding hydrogens is 245 g/mol. The van der Waals surface area contributed by atoms with Crippen LogP contribution in [0, 0.1) is 0 Å². The Morgan fingerprint density at radius 3 is 2.00 bits per heavy atom. The van der Waals surface area contributed by atoms with Crippen molar-refractivity contribution in [3.8, 4) is 16.9 Å². The number of aromatic hydroxyl groups is 1. The number of anilines is 1. The number of hydrogen-bond acceptors (Lipinski definition) is 3. The molecule has 2 aromatic carbocycles. The number of nitrogens with one attached hydrogen (secondary N) is 1. The lowest BCUT2D eigenvalue weighted by atomic mass is 10.1. The maximum Gasteiger partial charge on any atom is 0.117 e. The fraction of sp³-hybridized carbons (Fsp3) is 0.200. The minimum absolute atomic E-state index is 0.190. The van der Waals surface area contributed by atoms with Crippen LogP contribution in [0.4, 0.5) is 10.1 Å². The molecule has 0 spiro atoms. The highest BCUT2D eigenvalue weighted by atomic mass is 19.1. The zero-order valence-corrected chi connectivity index (χ0v) is 10.4. The Bertz CT molecular complexity index is 511. The first-order chi connectivity index (χ1) is 9.19. The Hall–Kier alpha value is -2.07. The van der Waals surface area contributed by atoms with E-state index in [1.54, 1.807) is 12.1 Å². The normalized spacial score (nSPS) is 12.1. The van der Waals surface area contributed by atoms with Gasteiger partial charge in [-0.1, -0.05) is 24.3 Å². The molecule has 0 fully saturated rings. The third-order valence-electron chi connectivity index (χ3n) is 2.81. The van der Waals surface area contributed by atoms with Crippen molar-refractivity contribution in [2.24, 2.45) is 0 Å². The monoisotopic (exact) mass is 261 g/mol. The van der Waals surface area contributed by atoms with Crippen LogP contribution in [-0.2, 0) is 0 Å². The predicted octanol–water partition coefficient (Wildman–Crippen LogP) is 2.80. The first-order valence-corrected chi connectivity index (χ1v) is 6.06. The van der Waals surface area contributed by atoms with Crippen molar-refractivity contribution in [2.75, 3.05) is 18.5 Å². The molecule has 2 rings (SSSR count). The Kier molecular flexibility index (Phi) is 4.36. The average molecular weight is 261 g/mol. The number of phenolic OH excluding ortho intramolecular Hbond substituents is 1. The second-order valence-electron chi connectivity index (χ2n) is 4.31. The summed E-state index contributed by atoms with van der Waals surface area (Å²) < 4.78 is 12.1. The van der Waals surface area contributed by atoms with E-state index in [1.165, 1.54) is 0 Å². The highest BCUT2D eigenvalue weighted by molar-refractivity contribution is 5.66. The third kappa shape index (κ3) is 3.69. The first kappa shape index (κ1) is 13.4. The van der Waals surface area contributed by atoms with Crippen molar-refractivity contribution in [1.82, 2.24) is 0 Å². The number of halogens is 1. The van der Waals surface area contributed by atoms with Crippen molar-refractivity contribution >= 4 is 5.69 Å². The van der Waals surface area contributed by atoms with Crippen molar-refractivity contribution in [2.45, 2.75) is 6.10 Å². The van der Waals surface area contributed by atoms with Crippen LogP contribution in [0.2, 0.25) is 0 Å². The Morgan fingerprint density at radius 1 is 0.947 bits per heavy atom. The fourth-order valence-electron chi connectivity index (χ4n) is 1.72. The molecule has 0 aromatic heterocycles. The molecule has 0 aliphatic heterocycles. The largest absolute Gasteiger partial charge is 0.508 e. The number of aliphatic hydroxyl groups is 1. The lowest BCUT2D eigenvalue weighted by Crippen LogP contribution is -2.21. The predicted molar refractivity (Wildman–Crippen MR) is 74.0 cm³/mol. The molecule has 0 saturated carbocycles. The van der Waals surface area contributed by atoms with Crippen LogP contribution >= 0.6 is 0 Å². The summed E-state index contributed by atoms with van der Waals surface area (Å²) in [6.45, 7) is -0.562. The first-order valence-electron chi connectivity index (χ1n) is 6.06. The van der Waals surface area contributed by atoms with Gasteiger partial charge >= 0.3 is 0 Å². The summed E-state index contributed by atoms with van der Waals surface area (Å²) in [7, 11) is 0. The molecule has 3 N–H and O–H groups in total. The third-order valence-corrected chi connectivity index (χ3v) is 2.81. The van der Waals surface area contributed by atoms with Crippen molar-refractivity contribution in [1.29, 1.82) is 0 Å². The number of alkyl halides is 1. The van der Waals surface area contributed by atoms with E-state index in [9.17, 15) is 9.50 Å². The zero-order valence-electron chi connectivity index (χ0n) is 10.4. The average Bonchev–Trinajstić information content (AvgIpc) is 2.46. The van der Waals surface area contributed by atoms with Gasteiger partial charge in [-0.25, -0.2) is 4.39 Å². The summed E-state index contributed by atoms with van der Waals surface area (Å²) in [4.78, 5) is 0. The topological polar surface area (TPSA) is 52.5 Å². The van der Waals surface area contributed by atoms with Crippen molar-refractivity contribution in [3.05, 3.63) is 48.5 Å². The maximum absolute atomic E-state index is 12.1. The van der Waals surface area contributed by atoms with Gasteiger partial charge in [-0.15, -0.1) is 0 Å². The lowest BCUT2D eigenvalue weighted by Gasteiger charge is -2.10. The summed E-state index contributed by atoms with van der Waals surface area (Å²) in [5, 5.41) is 21.3. The molecular formula is C15H16FNO2. The summed E-state index contributed by atoms with van der Waals surface area (Å²) >= 11 is 0. The summed E-state index contributed by atoms with van der Waals surface area (Å²) in [6, 6.07) is 14.5. The molecule has 0 aliphatic carbocycles. The number of benzene rings is 2. The summed E-state index contributed by atoms with van der Waals surface area (Å²) in [5.74, 6) is 0.238. The quantitative estimate of drug-likeness (QED) is 0.775. The van der Waals surface area contributed by atoms with Crippen molar-refractivity contribution < 1.29 is 14.6 Å². The van der Waals surface area contributed by atoms with Crippen LogP contribution in [0.25, 0.3) is 11.1 Å². The van der Waals surface area contributed by atoms with E-state index in [0.717, 1.165) is 16.8 Å². The van der Waals surface area contributed by atoms with Gasteiger partial charge in [0.05, 0.1) is 6.10 Å². The molecule has 0 amide bonds. The maximum atomic E-state index is 12.1. The standard InChI is InChI=1S/C15H16FNO2/c16-9-15(19)10-17-13-5-1-11(2-6-13)12-3-7-14(18)8-4-12/h1-8,15,17-19H,9-10H2. The van der Waals surface area contributed by atoms with Gasteiger partial charge in [0, 0.05) is 12.2 Å². The Balaban J connectivity index is 2.04. The number of phenols is 1. The Morgan fingerprint density at radius 2 is 1.47 bits per heavy atom. The number of aliphatic hydroxyl groups excluding tert-OH is 1. The van der Waals surface area contributed by atoms with Crippen LogP contribution in [0.15, 0.2) is 48.5 Å². The van der Waals surface area contributed by atoms with Gasteiger partial charge in [0.2, 0.25) is 0 Å². The molecule has 0 radical (unpaired) electrons. The van der Waals surface area contributed by atoms with Crippen LogP contribution in [0.3, 0.4) is 0 Å². The lowest BCUT2D eigenvalue weighted by molar-refractivity contribution is 0.151. The second kappa shape index (κ2) is 6.20. The minimum atomic E-state index is -0.975. The van der Waals surface area contributed by atoms with E-state index in [1.807, 2.05) is 36.4 Å². The van der Waals surface area contributed by atoms with Crippen LogP contribution in [0.5, 0.6) is 5.75 Å². The van der Waals surface area contributed by atoms with Gasteiger partial charge in [-0.05, 0) is 35.4 Å². The number of hydrogen-bond donors (Lipinski definition) is 3. The van der Waals surface area contributed by atoms with Crippen LogP contribution < -0.4 is 5.32 Å². The smallest absolute Gasteiger partial charge is 0.117 e. The van der Waals surface area contributed by atoms with E-state index < -0.39 is 12.8 Å². The molecule has 0 bridgehead atoms. The molecule has 1 atom stereocenters. The zero-order chi connectivity index (χ0) is 13.7. The van der Waals surface area contributed by atoms with Crippen molar-refractivity contribution in [3.63, 3.8) is 0 Å². The molecule has 0 heterocycles. The van der Waals surface area contributed by atoms with E-state index >= 15 is 0 Å². The van der Waals surface area contributed by atoms with Gasteiger partial charge in [-0.2, -0.15) is 0 Å². The molecule has 3 nitrogen and oxygen atoms in total. The van der Waals surface area contributed by atoms with Crippen LogP contribution in [-0.4, -0.2) is 29.5 Å². The highest BCUT2D eigenvalue weighted by Crippen LogP contribution is 2.23. The minimum Gasteiger partial charge on any atom is -0.508 e. The van der Waals surface area contributed by atoms with Crippen LogP contribution in [0.1, 0.15) is 0 Å². The molecule has 0 saturated heterocycles. The van der Waals surface area contributed by atoms with Gasteiger partial charge in [-0.3, -0.25) is 0 Å². The SMILES string of the molecule is Oc1ccc(-c2ccc(NCC(O)CF)cc2)cc1. The molecule has 1 unspecified atom stereocenters. The Labute approximate surface area is 111 Å². The van der Waals surface area contributed by atoms with Gasteiger partial charge < -0.3 is 15.5 Å². The van der Waals surface area contributed by atoms with E-state index in [0.29, 0.717) is 0 Å². The van der Waals surface area contributed by atoms with E-state index in [4.69, 9.17) is 5.11 Å². The fourth-order valence-corrected chi connectivity index (χ4v) is 1.72. The number of rotatable bonds is 5. The van der Waals surface area contributed by atoms with Gasteiger partial charge in [0.25, 0.3) is 0 Å². The van der Waals surface area contributed by atoms with E-state index in [-0.39, 0.29) is 12.3 Å². The summed E-state index contributed by atoms with van der Waals surface area (Å²) in [6.07, 6.45) is -0.975. The molecule has 2 aromatic rings. The molecule has 19 heavy (non-hydrogen) atoms. The second-order valence-corrected chi connectivity index (χ2v) is 4.31. The molecule has 100 valence electrons. The van der Waals surface area contributed by atoms with E-state index in [2.05, 4.69) is 5.32 Å². The summed E-state index contributed by atoms with van der Waals surface area (Å²) in [5.41, 5.74) is 2.86. The van der Waals surface area contributed by atoms with Gasteiger partial charge in [0.15, 0.2) is 0 Å². The van der Waals surface area contributed by atoms with Gasteiger partial charge in [0.1, 0.15) is 12.4 Å². The molecule has 4 heteroatoms. The highest BCUT2D eigenvalue weighted by Gasteiger charge is 2.03.